The molecule has 0 saturated heterocycles. The fourth-order valence-corrected chi connectivity index (χ4v) is 5.19. The van der Waals surface area contributed by atoms with E-state index in [2.05, 4.69) is 15.2 Å². The van der Waals surface area contributed by atoms with Crippen molar-refractivity contribution in [3.8, 4) is 5.75 Å². The van der Waals surface area contributed by atoms with Gasteiger partial charge in [-0.3, -0.25) is 9.59 Å². The molecule has 1 fully saturated rings. The molecule has 0 spiro atoms. The lowest BCUT2D eigenvalue weighted by molar-refractivity contribution is -0.136. The molecule has 39 heavy (non-hydrogen) atoms. The number of nitrogens with one attached hydrogen (secondary N) is 1. The van der Waals surface area contributed by atoms with E-state index >= 15 is 0 Å². The second-order valence-electron chi connectivity index (χ2n) is 10.8. The molecule has 1 aromatic heterocycles. The minimum atomic E-state index is -4.35. The summed E-state index contributed by atoms with van der Waals surface area (Å²) in [5.41, 5.74) is 0.708. The van der Waals surface area contributed by atoms with Crippen LogP contribution in [0.4, 0.5) is 36.3 Å². The van der Waals surface area contributed by atoms with Gasteiger partial charge in [-0.25, -0.2) is 4.98 Å². The Morgan fingerprint density at radius 3 is 2.59 bits per heavy atom. The van der Waals surface area contributed by atoms with Gasteiger partial charge in [-0.1, -0.05) is 12.8 Å². The molecule has 1 N–H and O–H groups in total. The highest BCUT2D eigenvalue weighted by atomic mass is 19.4. The summed E-state index contributed by atoms with van der Waals surface area (Å²) >= 11 is 0. The van der Waals surface area contributed by atoms with Crippen LogP contribution in [0.2, 0.25) is 0 Å². The third-order valence-corrected chi connectivity index (χ3v) is 7.37. The van der Waals surface area contributed by atoms with Gasteiger partial charge in [-0.15, -0.1) is 0 Å². The van der Waals surface area contributed by atoms with Crippen molar-refractivity contribution in [2.75, 3.05) is 49.4 Å². The van der Waals surface area contributed by atoms with Crippen LogP contribution >= 0.6 is 0 Å². The number of hydrogen-bond acceptors (Lipinski definition) is 7. The third kappa shape index (κ3) is 6.20. The molecule has 1 saturated carbocycles. The van der Waals surface area contributed by atoms with Gasteiger partial charge in [0.15, 0.2) is 5.82 Å². The van der Waals surface area contributed by atoms with Crippen LogP contribution in [0.1, 0.15) is 56.3 Å². The normalized spacial score (nSPS) is 17.6. The van der Waals surface area contributed by atoms with Gasteiger partial charge in [-0.05, 0) is 44.9 Å². The van der Waals surface area contributed by atoms with Crippen molar-refractivity contribution < 1.29 is 27.5 Å². The number of aromatic nitrogens is 2. The summed E-state index contributed by atoms with van der Waals surface area (Å²) in [7, 11) is 4.50. The zero-order valence-corrected chi connectivity index (χ0v) is 22.9. The number of hydrogen-bond donors (Lipinski definition) is 1. The Bertz CT molecular complexity index is 1230. The maximum Gasteiger partial charge on any atom is 0.390 e. The number of alkyl halides is 3. The summed E-state index contributed by atoms with van der Waals surface area (Å²) < 4.78 is 43.2. The molecule has 1 aliphatic heterocycles. The SMILES string of the molecule is COc1cc(C(=O)N(C)CCC(F)(F)F)ccc1Nc1ncc2c(n1)N(C1CCCC1)CC(C)(C)C(=O)N2C. The van der Waals surface area contributed by atoms with E-state index in [1.165, 1.54) is 26.3 Å². The molecule has 4 rings (SSSR count). The van der Waals surface area contributed by atoms with Gasteiger partial charge in [0.25, 0.3) is 5.91 Å². The van der Waals surface area contributed by atoms with E-state index in [9.17, 15) is 22.8 Å². The van der Waals surface area contributed by atoms with E-state index in [4.69, 9.17) is 9.72 Å². The molecule has 0 unspecified atom stereocenters. The van der Waals surface area contributed by atoms with Crippen LogP contribution in [0.3, 0.4) is 0 Å². The average Bonchev–Trinajstić information content (AvgIpc) is 3.41. The number of carbonyl (C=O) groups excluding carboxylic acids is 2. The van der Waals surface area contributed by atoms with E-state index in [1.54, 1.807) is 24.2 Å². The zero-order chi connectivity index (χ0) is 28.5. The Kier molecular flexibility index (Phi) is 7.94. The van der Waals surface area contributed by atoms with E-state index in [0.717, 1.165) is 30.6 Å². The first-order chi connectivity index (χ1) is 18.3. The molecule has 9 nitrogen and oxygen atoms in total. The van der Waals surface area contributed by atoms with E-state index in [1.807, 2.05) is 13.8 Å². The van der Waals surface area contributed by atoms with Crippen LogP contribution in [0.25, 0.3) is 0 Å². The number of rotatable bonds is 7. The third-order valence-electron chi connectivity index (χ3n) is 7.37. The van der Waals surface area contributed by atoms with Crippen LogP contribution in [0, 0.1) is 5.41 Å². The molecule has 1 aromatic carbocycles. The lowest BCUT2D eigenvalue weighted by Crippen LogP contribution is -2.45. The highest BCUT2D eigenvalue weighted by Crippen LogP contribution is 2.40. The van der Waals surface area contributed by atoms with Crippen LogP contribution in [-0.2, 0) is 4.79 Å². The Morgan fingerprint density at radius 1 is 1.26 bits per heavy atom. The van der Waals surface area contributed by atoms with Crippen molar-refractivity contribution in [3.05, 3.63) is 30.0 Å². The molecule has 0 bridgehead atoms. The first-order valence-corrected chi connectivity index (χ1v) is 13.0. The van der Waals surface area contributed by atoms with Crippen LogP contribution in [-0.4, -0.2) is 73.2 Å². The molecule has 1 aliphatic carbocycles. The number of halogens is 3. The smallest absolute Gasteiger partial charge is 0.390 e. The van der Waals surface area contributed by atoms with E-state index in [-0.39, 0.29) is 23.5 Å². The number of ether oxygens (including phenoxy) is 1. The Morgan fingerprint density at radius 2 is 1.95 bits per heavy atom. The fraction of sp³-hybridized carbons (Fsp3) is 0.556. The molecule has 0 radical (unpaired) electrons. The molecular formula is C27H35F3N6O3. The average molecular weight is 549 g/mol. The minimum absolute atomic E-state index is 0.00400. The molecule has 2 amide bonds. The summed E-state index contributed by atoms with van der Waals surface area (Å²) in [6.45, 7) is 3.98. The standard InChI is InChI=1S/C27H35F3N6O3/c1-26(2)16-36(18-8-6-7-9-18)22-20(35(4)24(26)38)15-31-25(33-22)32-19-11-10-17(14-21(19)39-5)23(37)34(3)13-12-27(28,29)30/h10-11,14-15,18H,6-9,12-13,16H2,1-5H3,(H,31,32,33). The summed E-state index contributed by atoms with van der Waals surface area (Å²) in [5.74, 6) is 0.725. The maximum absolute atomic E-state index is 13.2. The van der Waals surface area contributed by atoms with Gasteiger partial charge in [0.2, 0.25) is 11.9 Å². The molecule has 212 valence electrons. The number of methoxy groups -OCH3 is 1. The highest BCUT2D eigenvalue weighted by molar-refractivity contribution is 6.01. The number of anilines is 4. The van der Waals surface area contributed by atoms with Gasteiger partial charge in [0, 0.05) is 38.8 Å². The Hall–Kier alpha value is -3.57. The number of benzene rings is 1. The van der Waals surface area contributed by atoms with Crippen LogP contribution < -0.4 is 19.9 Å². The van der Waals surface area contributed by atoms with Gasteiger partial charge in [-0.2, -0.15) is 18.2 Å². The molecule has 12 heteroatoms. The van der Waals surface area contributed by atoms with Crippen LogP contribution in [0.15, 0.2) is 24.4 Å². The monoisotopic (exact) mass is 548 g/mol. The number of amides is 2. The molecule has 2 aromatic rings. The van der Waals surface area contributed by atoms with Crippen molar-refractivity contribution in [2.45, 2.75) is 58.2 Å². The summed E-state index contributed by atoms with van der Waals surface area (Å²) in [5, 5.41) is 3.14. The summed E-state index contributed by atoms with van der Waals surface area (Å²) in [4.78, 5) is 40.0. The molecule has 2 aliphatic rings. The predicted octanol–water partition coefficient (Wildman–Crippen LogP) is 5.00. The van der Waals surface area contributed by atoms with Crippen molar-refractivity contribution >= 4 is 35.0 Å². The second-order valence-corrected chi connectivity index (χ2v) is 10.8. The van der Waals surface area contributed by atoms with E-state index < -0.39 is 30.5 Å². The second kappa shape index (κ2) is 10.9. The largest absolute Gasteiger partial charge is 0.495 e. The topological polar surface area (TPSA) is 90.9 Å². The first kappa shape index (κ1) is 28.4. The van der Waals surface area contributed by atoms with Crippen molar-refractivity contribution in [1.29, 1.82) is 0 Å². The maximum atomic E-state index is 13.2. The fourth-order valence-electron chi connectivity index (χ4n) is 5.19. The van der Waals surface area contributed by atoms with Gasteiger partial charge < -0.3 is 24.8 Å². The highest BCUT2D eigenvalue weighted by Gasteiger charge is 2.41. The van der Waals surface area contributed by atoms with Crippen molar-refractivity contribution in [2.24, 2.45) is 5.41 Å². The minimum Gasteiger partial charge on any atom is -0.495 e. The number of nitrogens with zero attached hydrogens (tertiary/aromatic N) is 5. The molecular weight excluding hydrogens is 513 g/mol. The molecule has 0 atom stereocenters. The summed E-state index contributed by atoms with van der Waals surface area (Å²) in [6.07, 6.45) is 0.513. The van der Waals surface area contributed by atoms with Gasteiger partial charge in [0.1, 0.15) is 11.4 Å². The Labute approximate surface area is 226 Å². The zero-order valence-electron chi connectivity index (χ0n) is 22.9. The van der Waals surface area contributed by atoms with Crippen LogP contribution in [0.5, 0.6) is 5.75 Å². The first-order valence-electron chi connectivity index (χ1n) is 13.0. The number of fused-ring (bicyclic) bond motifs is 1. The quantitative estimate of drug-likeness (QED) is 0.521. The predicted molar refractivity (Wildman–Crippen MR) is 143 cm³/mol. The van der Waals surface area contributed by atoms with E-state index in [0.29, 0.717) is 29.5 Å². The van der Waals surface area contributed by atoms with Gasteiger partial charge in [0.05, 0.1) is 30.8 Å². The lowest BCUT2D eigenvalue weighted by Gasteiger charge is -2.34. The lowest BCUT2D eigenvalue weighted by atomic mass is 9.91. The number of carbonyl (C=O) groups is 2. The molecule has 2 heterocycles. The van der Waals surface area contributed by atoms with Crippen molar-refractivity contribution in [3.63, 3.8) is 0 Å². The van der Waals surface area contributed by atoms with Crippen molar-refractivity contribution in [1.82, 2.24) is 14.9 Å². The van der Waals surface area contributed by atoms with Gasteiger partial charge >= 0.3 is 6.18 Å². The Balaban J connectivity index is 1.61. The summed E-state index contributed by atoms with van der Waals surface area (Å²) in [6, 6.07) is 4.87.